The van der Waals surface area contributed by atoms with E-state index < -0.39 is 0 Å². The Morgan fingerprint density at radius 1 is 1.31 bits per heavy atom. The standard InChI is InChI=1S/C13H25NOS/c1-11-12(2)16-8-7-14(11)9-13(10-15)5-3-4-6-13/h11-12,15H,3-10H2,1-2H3. The summed E-state index contributed by atoms with van der Waals surface area (Å²) in [6, 6.07) is 0.669. The number of hydrogen-bond donors (Lipinski definition) is 1. The van der Waals surface area contributed by atoms with Crippen molar-refractivity contribution in [2.45, 2.75) is 50.8 Å². The number of aliphatic hydroxyl groups excluding tert-OH is 1. The van der Waals surface area contributed by atoms with Crippen LogP contribution in [-0.2, 0) is 0 Å². The van der Waals surface area contributed by atoms with Crippen molar-refractivity contribution in [3.63, 3.8) is 0 Å². The van der Waals surface area contributed by atoms with Gasteiger partial charge in [0.2, 0.25) is 0 Å². The van der Waals surface area contributed by atoms with E-state index in [4.69, 9.17) is 0 Å². The Hall–Kier alpha value is 0.270. The molecule has 0 aromatic carbocycles. The van der Waals surface area contributed by atoms with Gasteiger partial charge >= 0.3 is 0 Å². The summed E-state index contributed by atoms with van der Waals surface area (Å²) in [4.78, 5) is 2.61. The molecule has 16 heavy (non-hydrogen) atoms. The highest BCUT2D eigenvalue weighted by Gasteiger charge is 2.37. The second-order valence-electron chi connectivity index (χ2n) is 5.65. The van der Waals surface area contributed by atoms with E-state index >= 15 is 0 Å². The topological polar surface area (TPSA) is 23.5 Å². The minimum atomic E-state index is 0.232. The largest absolute Gasteiger partial charge is 0.396 e. The van der Waals surface area contributed by atoms with Crippen LogP contribution in [0.3, 0.4) is 0 Å². The number of hydrogen-bond acceptors (Lipinski definition) is 3. The molecule has 0 aromatic rings. The van der Waals surface area contributed by atoms with Crippen LogP contribution in [0.4, 0.5) is 0 Å². The molecule has 2 fully saturated rings. The minimum absolute atomic E-state index is 0.232. The van der Waals surface area contributed by atoms with Crippen molar-refractivity contribution < 1.29 is 5.11 Å². The van der Waals surface area contributed by atoms with E-state index in [1.807, 2.05) is 0 Å². The molecular weight excluding hydrogens is 218 g/mol. The van der Waals surface area contributed by atoms with Gasteiger partial charge in [-0.05, 0) is 19.8 Å². The average Bonchev–Trinajstić information content (AvgIpc) is 2.74. The number of aliphatic hydroxyl groups is 1. The Morgan fingerprint density at radius 2 is 2.00 bits per heavy atom. The molecule has 1 saturated carbocycles. The normalized spacial score (nSPS) is 35.4. The summed E-state index contributed by atoms with van der Waals surface area (Å²) in [6.45, 7) is 7.39. The van der Waals surface area contributed by atoms with Crippen molar-refractivity contribution in [1.29, 1.82) is 0 Å². The van der Waals surface area contributed by atoms with Gasteiger partial charge < -0.3 is 5.11 Å². The van der Waals surface area contributed by atoms with Crippen molar-refractivity contribution in [2.24, 2.45) is 5.41 Å². The average molecular weight is 243 g/mol. The van der Waals surface area contributed by atoms with Gasteiger partial charge in [0.15, 0.2) is 0 Å². The maximum Gasteiger partial charge on any atom is 0.0499 e. The summed E-state index contributed by atoms with van der Waals surface area (Å²) in [5, 5.41) is 10.4. The molecule has 1 N–H and O–H groups in total. The number of rotatable bonds is 3. The minimum Gasteiger partial charge on any atom is -0.396 e. The van der Waals surface area contributed by atoms with E-state index in [-0.39, 0.29) is 5.41 Å². The Morgan fingerprint density at radius 3 is 2.62 bits per heavy atom. The molecule has 0 bridgehead atoms. The third-order valence-electron chi connectivity index (χ3n) is 4.55. The van der Waals surface area contributed by atoms with Gasteiger partial charge in [0, 0.05) is 42.2 Å². The SMILES string of the molecule is CC1SCCN(CC2(CO)CCCC2)C1C. The van der Waals surface area contributed by atoms with Crippen LogP contribution in [0.25, 0.3) is 0 Å². The molecule has 2 rings (SSSR count). The Bertz CT molecular complexity index is 228. The van der Waals surface area contributed by atoms with Crippen molar-refractivity contribution in [1.82, 2.24) is 4.90 Å². The van der Waals surface area contributed by atoms with Crippen LogP contribution in [0.15, 0.2) is 0 Å². The molecular formula is C13H25NOS. The van der Waals surface area contributed by atoms with Gasteiger partial charge in [0.25, 0.3) is 0 Å². The third-order valence-corrected chi connectivity index (χ3v) is 5.89. The molecule has 2 atom stereocenters. The smallest absolute Gasteiger partial charge is 0.0499 e. The van der Waals surface area contributed by atoms with E-state index in [0.29, 0.717) is 12.6 Å². The van der Waals surface area contributed by atoms with Gasteiger partial charge in [-0.25, -0.2) is 0 Å². The highest BCUT2D eigenvalue weighted by molar-refractivity contribution is 8.00. The molecule has 0 aromatic heterocycles. The van der Waals surface area contributed by atoms with Crippen molar-refractivity contribution in [3.05, 3.63) is 0 Å². The fraction of sp³-hybridized carbons (Fsp3) is 1.00. The highest BCUT2D eigenvalue weighted by Crippen LogP contribution is 2.39. The molecule has 2 unspecified atom stereocenters. The summed E-state index contributed by atoms with van der Waals surface area (Å²) in [6.07, 6.45) is 5.09. The van der Waals surface area contributed by atoms with Crippen LogP contribution in [-0.4, -0.2) is 46.7 Å². The Labute approximate surface area is 104 Å². The monoisotopic (exact) mass is 243 g/mol. The zero-order valence-corrected chi connectivity index (χ0v) is 11.4. The van der Waals surface area contributed by atoms with Crippen molar-refractivity contribution in [2.75, 3.05) is 25.4 Å². The maximum absolute atomic E-state index is 9.67. The van der Waals surface area contributed by atoms with Gasteiger partial charge in [-0.15, -0.1) is 0 Å². The van der Waals surface area contributed by atoms with Crippen molar-refractivity contribution >= 4 is 11.8 Å². The number of nitrogens with zero attached hydrogens (tertiary/aromatic N) is 1. The van der Waals surface area contributed by atoms with E-state index in [2.05, 4.69) is 30.5 Å². The zero-order valence-electron chi connectivity index (χ0n) is 10.6. The molecule has 3 heteroatoms. The lowest BCUT2D eigenvalue weighted by Gasteiger charge is -2.42. The molecule has 1 saturated heterocycles. The third kappa shape index (κ3) is 2.57. The molecule has 2 aliphatic rings. The first-order valence-corrected chi connectivity index (χ1v) is 7.68. The molecule has 0 amide bonds. The summed E-state index contributed by atoms with van der Waals surface area (Å²) < 4.78 is 0. The molecule has 0 spiro atoms. The molecule has 1 aliphatic heterocycles. The van der Waals surface area contributed by atoms with Crippen LogP contribution < -0.4 is 0 Å². The molecule has 2 nitrogen and oxygen atoms in total. The fourth-order valence-corrected chi connectivity index (χ4v) is 4.30. The van der Waals surface area contributed by atoms with E-state index in [9.17, 15) is 5.11 Å². The lowest BCUT2D eigenvalue weighted by molar-refractivity contribution is 0.0626. The molecule has 1 aliphatic carbocycles. The lowest BCUT2D eigenvalue weighted by Crippen LogP contribution is -2.49. The fourth-order valence-electron chi connectivity index (χ4n) is 3.14. The van der Waals surface area contributed by atoms with E-state index in [0.717, 1.165) is 11.8 Å². The summed E-state index contributed by atoms with van der Waals surface area (Å²) in [5.41, 5.74) is 0.232. The van der Waals surface area contributed by atoms with Crippen molar-refractivity contribution in [3.8, 4) is 0 Å². The first-order valence-electron chi connectivity index (χ1n) is 6.63. The highest BCUT2D eigenvalue weighted by atomic mass is 32.2. The summed E-state index contributed by atoms with van der Waals surface area (Å²) in [5.74, 6) is 1.26. The molecule has 94 valence electrons. The van der Waals surface area contributed by atoms with Crippen LogP contribution in [0.2, 0.25) is 0 Å². The number of thioether (sulfide) groups is 1. The van der Waals surface area contributed by atoms with E-state index in [1.54, 1.807) is 0 Å². The molecule has 1 heterocycles. The maximum atomic E-state index is 9.67. The first kappa shape index (κ1) is 12.7. The van der Waals surface area contributed by atoms with Crippen LogP contribution >= 0.6 is 11.8 Å². The first-order chi connectivity index (χ1) is 7.67. The van der Waals surface area contributed by atoms with Gasteiger partial charge in [0.05, 0.1) is 0 Å². The van der Waals surface area contributed by atoms with Gasteiger partial charge in [-0.2, -0.15) is 11.8 Å². The Balaban J connectivity index is 1.96. The predicted molar refractivity (Wildman–Crippen MR) is 70.9 cm³/mol. The summed E-state index contributed by atoms with van der Waals surface area (Å²) in [7, 11) is 0. The quantitative estimate of drug-likeness (QED) is 0.823. The van der Waals surface area contributed by atoms with Gasteiger partial charge in [-0.3, -0.25) is 4.90 Å². The zero-order chi connectivity index (χ0) is 11.6. The second kappa shape index (κ2) is 5.28. The lowest BCUT2D eigenvalue weighted by atomic mass is 9.86. The predicted octanol–water partition coefficient (Wildman–Crippen LogP) is 2.36. The van der Waals surface area contributed by atoms with Crippen LogP contribution in [0, 0.1) is 5.41 Å². The van der Waals surface area contributed by atoms with Gasteiger partial charge in [-0.1, -0.05) is 19.8 Å². The van der Waals surface area contributed by atoms with E-state index in [1.165, 1.54) is 38.0 Å². The Kier molecular flexibility index (Phi) is 4.20. The summed E-state index contributed by atoms with van der Waals surface area (Å²) >= 11 is 2.09. The second-order valence-corrected chi connectivity index (χ2v) is 7.14. The van der Waals surface area contributed by atoms with Crippen LogP contribution in [0.5, 0.6) is 0 Å². The van der Waals surface area contributed by atoms with Gasteiger partial charge in [0.1, 0.15) is 0 Å². The van der Waals surface area contributed by atoms with Crippen LogP contribution in [0.1, 0.15) is 39.5 Å². The molecule has 0 radical (unpaired) electrons.